The fraction of sp³-hybridized carbons (Fsp3) is 0.190. The predicted octanol–water partition coefficient (Wildman–Crippen LogP) is 2.36. The number of ether oxygens (including phenoxy) is 2. The van der Waals surface area contributed by atoms with Crippen LogP contribution in [0.1, 0.15) is 0 Å². The highest BCUT2D eigenvalue weighted by Gasteiger charge is 2.33. The van der Waals surface area contributed by atoms with E-state index in [1.807, 2.05) is 12.2 Å². The van der Waals surface area contributed by atoms with E-state index in [-0.39, 0.29) is 24.2 Å². The van der Waals surface area contributed by atoms with Gasteiger partial charge in [0.15, 0.2) is 6.61 Å². The Balaban J connectivity index is 1.24. The van der Waals surface area contributed by atoms with Crippen LogP contribution in [-0.4, -0.2) is 45.6 Å². The third kappa shape index (κ3) is 4.67. The fourth-order valence-corrected chi connectivity index (χ4v) is 3.26. The second kappa shape index (κ2) is 9.24. The van der Waals surface area contributed by atoms with Crippen LogP contribution in [0.3, 0.4) is 0 Å². The first-order valence-corrected chi connectivity index (χ1v) is 9.96. The molecule has 2 aromatic heterocycles. The third-order valence-corrected chi connectivity index (χ3v) is 4.87. The van der Waals surface area contributed by atoms with Gasteiger partial charge < -0.3 is 13.9 Å². The molecule has 2 aromatic rings. The molecule has 2 atom stereocenters. The van der Waals surface area contributed by atoms with Crippen LogP contribution in [0.25, 0.3) is 11.5 Å². The normalized spacial score (nSPS) is 19.2. The van der Waals surface area contributed by atoms with Gasteiger partial charge in [0.1, 0.15) is 11.7 Å². The predicted molar refractivity (Wildman–Crippen MR) is 107 cm³/mol. The molecule has 2 aliphatic rings. The van der Waals surface area contributed by atoms with E-state index < -0.39 is 11.9 Å². The van der Waals surface area contributed by atoms with E-state index in [1.54, 1.807) is 42.8 Å². The second-order valence-corrected chi connectivity index (χ2v) is 7.05. The van der Waals surface area contributed by atoms with Crippen LogP contribution in [0, 0.1) is 17.8 Å². The van der Waals surface area contributed by atoms with Gasteiger partial charge in [0.25, 0.3) is 5.22 Å². The molecular weight excluding hydrogens is 406 g/mol. The molecule has 150 valence electrons. The number of carbonyl (C=O) groups excluding carboxylic acids is 2. The van der Waals surface area contributed by atoms with Gasteiger partial charge in [-0.05, 0) is 18.2 Å². The fourth-order valence-electron chi connectivity index (χ4n) is 2.73. The Morgan fingerprint density at radius 1 is 1.17 bits per heavy atom. The Morgan fingerprint density at radius 2 is 2.00 bits per heavy atom. The molecule has 9 heteroatoms. The van der Waals surface area contributed by atoms with Crippen LogP contribution in [0.4, 0.5) is 0 Å². The highest BCUT2D eigenvalue weighted by molar-refractivity contribution is 7.99. The van der Waals surface area contributed by atoms with Crippen molar-refractivity contribution in [2.45, 2.75) is 11.3 Å². The summed E-state index contributed by atoms with van der Waals surface area (Å²) in [5.74, 6) is 4.74. The molecule has 0 saturated heterocycles. The number of thioether (sulfide) groups is 1. The number of pyridine rings is 1. The molecule has 3 heterocycles. The minimum atomic E-state index is -0.748. The van der Waals surface area contributed by atoms with E-state index in [4.69, 9.17) is 13.9 Å². The molecule has 1 aliphatic carbocycles. The first-order valence-electron chi connectivity index (χ1n) is 8.98. The number of allylic oxidation sites excluding steroid dienone is 2. The van der Waals surface area contributed by atoms with Gasteiger partial charge in [-0.15, -0.1) is 10.2 Å². The standard InChI is InChI=1S/C21H15N3O5S/c25-19(16-13-15-5-1-2-6-17(15)28-20(16)26)27-11-3-4-12-30-21-24-23-18(29-21)14-7-9-22-10-8-14/h1-2,5-10,13,15,17H,11-12H2/t15-,17+/m0/s1. The average Bonchev–Trinajstić information content (AvgIpc) is 3.25. The smallest absolute Gasteiger partial charge is 0.346 e. The lowest BCUT2D eigenvalue weighted by atomic mass is 9.93. The van der Waals surface area contributed by atoms with Crippen molar-refractivity contribution in [1.82, 2.24) is 15.2 Å². The number of hydrogen-bond donors (Lipinski definition) is 0. The molecule has 0 radical (unpaired) electrons. The first kappa shape index (κ1) is 19.7. The zero-order valence-corrected chi connectivity index (χ0v) is 16.4. The average molecular weight is 421 g/mol. The molecule has 4 rings (SSSR count). The van der Waals surface area contributed by atoms with Crippen molar-refractivity contribution in [2.75, 3.05) is 12.4 Å². The maximum Gasteiger partial charge on any atom is 0.346 e. The van der Waals surface area contributed by atoms with Crippen molar-refractivity contribution >= 4 is 23.7 Å². The summed E-state index contributed by atoms with van der Waals surface area (Å²) in [6, 6.07) is 3.55. The summed E-state index contributed by atoms with van der Waals surface area (Å²) in [5, 5.41) is 8.30. The van der Waals surface area contributed by atoms with Gasteiger partial charge in [0.2, 0.25) is 5.89 Å². The quantitative estimate of drug-likeness (QED) is 0.311. The molecule has 0 bridgehead atoms. The minimum Gasteiger partial charge on any atom is -0.453 e. The van der Waals surface area contributed by atoms with Crippen LogP contribution in [0.2, 0.25) is 0 Å². The summed E-state index contributed by atoms with van der Waals surface area (Å²) in [7, 11) is 0. The summed E-state index contributed by atoms with van der Waals surface area (Å²) < 4.78 is 15.8. The molecule has 1 aliphatic heterocycles. The number of aromatic nitrogens is 3. The number of carbonyl (C=O) groups is 2. The highest BCUT2D eigenvalue weighted by Crippen LogP contribution is 2.25. The number of nitrogens with zero attached hydrogens (tertiary/aromatic N) is 3. The SMILES string of the molecule is O=C(OCC#CCSc1nnc(-c2ccncc2)o1)C1=C[C@@H]2C=CC=C[C@H]2OC1=O. The van der Waals surface area contributed by atoms with Crippen LogP contribution in [-0.2, 0) is 19.1 Å². The molecular formula is C21H15N3O5S. The van der Waals surface area contributed by atoms with Crippen LogP contribution >= 0.6 is 11.8 Å². The van der Waals surface area contributed by atoms with E-state index >= 15 is 0 Å². The Morgan fingerprint density at radius 3 is 2.87 bits per heavy atom. The Kier molecular flexibility index (Phi) is 6.06. The third-order valence-electron chi connectivity index (χ3n) is 4.17. The molecule has 30 heavy (non-hydrogen) atoms. The summed E-state index contributed by atoms with van der Waals surface area (Å²) in [6.45, 7) is -0.139. The lowest BCUT2D eigenvalue weighted by Gasteiger charge is -2.26. The van der Waals surface area contributed by atoms with Gasteiger partial charge in [0.05, 0.1) is 5.75 Å². The van der Waals surface area contributed by atoms with Crippen molar-refractivity contribution in [3.63, 3.8) is 0 Å². The van der Waals surface area contributed by atoms with Crippen LogP contribution in [0.5, 0.6) is 0 Å². The lowest BCUT2D eigenvalue weighted by molar-refractivity contribution is -0.150. The Labute approximate surface area is 176 Å². The topological polar surface area (TPSA) is 104 Å². The summed E-state index contributed by atoms with van der Waals surface area (Å²) in [4.78, 5) is 28.0. The molecule has 0 unspecified atom stereocenters. The van der Waals surface area contributed by atoms with Crippen molar-refractivity contribution in [1.29, 1.82) is 0 Å². The van der Waals surface area contributed by atoms with Crippen molar-refractivity contribution in [3.8, 4) is 23.3 Å². The van der Waals surface area contributed by atoms with Crippen molar-refractivity contribution in [3.05, 3.63) is 60.5 Å². The van der Waals surface area contributed by atoms with E-state index in [0.29, 0.717) is 16.9 Å². The maximum absolute atomic E-state index is 12.1. The zero-order valence-electron chi connectivity index (χ0n) is 15.6. The van der Waals surface area contributed by atoms with Gasteiger partial charge in [-0.25, -0.2) is 9.59 Å². The lowest BCUT2D eigenvalue weighted by Crippen LogP contribution is -2.33. The summed E-state index contributed by atoms with van der Waals surface area (Å²) >= 11 is 1.27. The second-order valence-electron chi connectivity index (χ2n) is 6.12. The first-order chi connectivity index (χ1) is 14.7. The Bertz CT molecular complexity index is 1090. The van der Waals surface area contributed by atoms with Gasteiger partial charge in [-0.2, -0.15) is 0 Å². The zero-order chi connectivity index (χ0) is 20.8. The van der Waals surface area contributed by atoms with E-state index in [2.05, 4.69) is 27.0 Å². The van der Waals surface area contributed by atoms with Gasteiger partial charge in [-0.1, -0.05) is 47.9 Å². The van der Waals surface area contributed by atoms with Gasteiger partial charge >= 0.3 is 11.9 Å². The van der Waals surface area contributed by atoms with Gasteiger partial charge in [0, 0.05) is 23.9 Å². The largest absolute Gasteiger partial charge is 0.453 e. The molecule has 0 amide bonds. The number of hydrogen-bond acceptors (Lipinski definition) is 9. The maximum atomic E-state index is 12.1. The monoisotopic (exact) mass is 421 g/mol. The molecule has 8 nitrogen and oxygen atoms in total. The number of fused-ring (bicyclic) bond motifs is 1. The number of rotatable bonds is 5. The van der Waals surface area contributed by atoms with E-state index in [9.17, 15) is 9.59 Å². The van der Waals surface area contributed by atoms with Crippen LogP contribution < -0.4 is 0 Å². The molecule has 0 spiro atoms. The molecule has 0 saturated carbocycles. The molecule has 0 aromatic carbocycles. The Hall–Kier alpha value is -3.64. The van der Waals surface area contributed by atoms with Crippen molar-refractivity contribution < 1.29 is 23.5 Å². The van der Waals surface area contributed by atoms with Gasteiger partial charge in [-0.3, -0.25) is 4.98 Å². The minimum absolute atomic E-state index is 0.109. The summed E-state index contributed by atoms with van der Waals surface area (Å²) in [6.07, 6.45) is 11.7. The van der Waals surface area contributed by atoms with E-state index in [1.165, 1.54) is 11.8 Å². The molecule has 0 N–H and O–H groups in total. The van der Waals surface area contributed by atoms with E-state index in [0.717, 1.165) is 5.56 Å². The van der Waals surface area contributed by atoms with Crippen LogP contribution in [0.15, 0.2) is 70.1 Å². The number of esters is 2. The summed E-state index contributed by atoms with van der Waals surface area (Å²) in [5.41, 5.74) is 0.672. The molecule has 0 fully saturated rings. The van der Waals surface area contributed by atoms with Crippen molar-refractivity contribution in [2.24, 2.45) is 5.92 Å². The highest BCUT2D eigenvalue weighted by atomic mass is 32.2.